The van der Waals surface area contributed by atoms with E-state index in [-0.39, 0.29) is 11.8 Å². The van der Waals surface area contributed by atoms with Gasteiger partial charge in [0.05, 0.1) is 0 Å². The fraction of sp³-hybridized carbons (Fsp3) is 0.688. The molecule has 0 radical (unpaired) electrons. The Morgan fingerprint density at radius 1 is 1.29 bits per heavy atom. The maximum absolute atomic E-state index is 11.6. The van der Waals surface area contributed by atoms with Crippen LogP contribution < -0.4 is 5.32 Å². The number of anilines is 1. The van der Waals surface area contributed by atoms with Crippen LogP contribution in [0.4, 0.5) is 5.82 Å². The normalized spacial score (nSPS) is 17.7. The lowest BCUT2D eigenvalue weighted by molar-refractivity contribution is -0.139. The van der Waals surface area contributed by atoms with Gasteiger partial charge in [0.25, 0.3) is 0 Å². The van der Waals surface area contributed by atoms with Crippen LogP contribution in [0.2, 0.25) is 0 Å². The summed E-state index contributed by atoms with van der Waals surface area (Å²) in [4.78, 5) is 20.5. The zero-order chi connectivity index (χ0) is 15.4. The topological polar surface area (TPSA) is 75.1 Å². The monoisotopic (exact) mass is 291 g/mol. The SMILES string of the molecule is Cc1cc(NC(C(=O)O)C2CCCCC2)nc(C(C)C)n1. The van der Waals surface area contributed by atoms with Crippen molar-refractivity contribution in [1.29, 1.82) is 0 Å². The molecule has 1 aromatic heterocycles. The molecule has 2 rings (SSSR count). The molecule has 1 aromatic rings. The summed E-state index contributed by atoms with van der Waals surface area (Å²) in [6, 6.07) is 1.27. The van der Waals surface area contributed by atoms with E-state index in [1.54, 1.807) is 0 Å². The molecule has 1 aliphatic carbocycles. The highest BCUT2D eigenvalue weighted by Gasteiger charge is 2.29. The lowest BCUT2D eigenvalue weighted by Gasteiger charge is -2.28. The van der Waals surface area contributed by atoms with Crippen LogP contribution >= 0.6 is 0 Å². The highest BCUT2D eigenvalue weighted by molar-refractivity contribution is 5.77. The first-order valence-corrected chi connectivity index (χ1v) is 7.82. The number of carboxylic acid groups (broad SMARTS) is 1. The van der Waals surface area contributed by atoms with Gasteiger partial charge in [-0.25, -0.2) is 14.8 Å². The molecule has 1 saturated carbocycles. The molecule has 1 fully saturated rings. The Kier molecular flexibility index (Phi) is 5.15. The fourth-order valence-corrected chi connectivity index (χ4v) is 2.93. The van der Waals surface area contributed by atoms with Gasteiger partial charge in [0, 0.05) is 17.7 Å². The van der Waals surface area contributed by atoms with E-state index >= 15 is 0 Å². The molecule has 0 spiro atoms. The van der Waals surface area contributed by atoms with Crippen LogP contribution in [0.5, 0.6) is 0 Å². The van der Waals surface area contributed by atoms with E-state index in [1.807, 2.05) is 26.8 Å². The highest BCUT2D eigenvalue weighted by atomic mass is 16.4. The van der Waals surface area contributed by atoms with E-state index < -0.39 is 12.0 Å². The largest absolute Gasteiger partial charge is 0.480 e. The van der Waals surface area contributed by atoms with Gasteiger partial charge < -0.3 is 10.4 Å². The molecule has 1 heterocycles. The van der Waals surface area contributed by atoms with Gasteiger partial charge in [-0.2, -0.15) is 0 Å². The summed E-state index contributed by atoms with van der Waals surface area (Å²) in [5, 5.41) is 12.7. The number of aliphatic carboxylic acids is 1. The summed E-state index contributed by atoms with van der Waals surface area (Å²) < 4.78 is 0. The molecule has 0 aliphatic heterocycles. The van der Waals surface area contributed by atoms with E-state index in [0.29, 0.717) is 5.82 Å². The lowest BCUT2D eigenvalue weighted by Crippen LogP contribution is -2.38. The maximum atomic E-state index is 11.6. The van der Waals surface area contributed by atoms with Gasteiger partial charge in [0.2, 0.25) is 0 Å². The van der Waals surface area contributed by atoms with Crippen LogP contribution in [-0.4, -0.2) is 27.1 Å². The number of nitrogens with zero attached hydrogens (tertiary/aromatic N) is 2. The van der Waals surface area contributed by atoms with Gasteiger partial charge in [0.1, 0.15) is 17.7 Å². The molecular formula is C16H25N3O2. The van der Waals surface area contributed by atoms with Crippen LogP contribution in [0.3, 0.4) is 0 Å². The van der Waals surface area contributed by atoms with Crippen LogP contribution in [0.25, 0.3) is 0 Å². The van der Waals surface area contributed by atoms with Crippen molar-refractivity contribution in [2.24, 2.45) is 5.92 Å². The van der Waals surface area contributed by atoms with E-state index in [0.717, 1.165) is 37.2 Å². The molecule has 5 nitrogen and oxygen atoms in total. The Bertz CT molecular complexity index is 496. The molecule has 5 heteroatoms. The summed E-state index contributed by atoms with van der Waals surface area (Å²) >= 11 is 0. The highest BCUT2D eigenvalue weighted by Crippen LogP contribution is 2.28. The molecule has 1 atom stereocenters. The predicted octanol–water partition coefficient (Wildman–Crippen LogP) is 3.35. The molecule has 116 valence electrons. The Hall–Kier alpha value is -1.65. The third kappa shape index (κ3) is 4.16. The van der Waals surface area contributed by atoms with Crippen LogP contribution in [-0.2, 0) is 4.79 Å². The van der Waals surface area contributed by atoms with Crippen LogP contribution in [0.1, 0.15) is 63.4 Å². The summed E-state index contributed by atoms with van der Waals surface area (Å²) in [7, 11) is 0. The zero-order valence-electron chi connectivity index (χ0n) is 13.1. The number of rotatable bonds is 5. The number of carboxylic acids is 1. The Morgan fingerprint density at radius 2 is 1.95 bits per heavy atom. The second-order valence-electron chi connectivity index (χ2n) is 6.27. The van der Waals surface area contributed by atoms with Crippen molar-refractivity contribution in [1.82, 2.24) is 9.97 Å². The molecule has 0 bridgehead atoms. The average Bonchev–Trinajstić information content (AvgIpc) is 2.44. The third-order valence-corrected chi connectivity index (χ3v) is 4.08. The van der Waals surface area contributed by atoms with Crippen molar-refractivity contribution >= 4 is 11.8 Å². The van der Waals surface area contributed by atoms with Crippen LogP contribution in [0, 0.1) is 12.8 Å². The molecule has 0 saturated heterocycles. The summed E-state index contributed by atoms with van der Waals surface area (Å²) in [6.45, 7) is 5.98. The van der Waals surface area contributed by atoms with Crippen molar-refractivity contribution in [3.8, 4) is 0 Å². The Balaban J connectivity index is 2.18. The quantitative estimate of drug-likeness (QED) is 0.870. The van der Waals surface area contributed by atoms with Crippen LogP contribution in [0.15, 0.2) is 6.07 Å². The van der Waals surface area contributed by atoms with Crippen molar-refractivity contribution in [2.45, 2.75) is 64.8 Å². The van der Waals surface area contributed by atoms with Gasteiger partial charge in [-0.3, -0.25) is 0 Å². The molecule has 21 heavy (non-hydrogen) atoms. The van der Waals surface area contributed by atoms with E-state index in [9.17, 15) is 9.90 Å². The molecular weight excluding hydrogens is 266 g/mol. The molecule has 0 amide bonds. The smallest absolute Gasteiger partial charge is 0.326 e. The van der Waals surface area contributed by atoms with E-state index in [1.165, 1.54) is 6.42 Å². The first-order chi connectivity index (χ1) is 9.97. The predicted molar refractivity (Wildman–Crippen MR) is 82.5 cm³/mol. The standard InChI is InChI=1S/C16H25N3O2/c1-10(2)15-17-11(3)9-13(19-15)18-14(16(20)21)12-7-5-4-6-8-12/h9-10,12,14H,4-8H2,1-3H3,(H,20,21)(H,17,18,19). The van der Waals surface area contributed by atoms with Crippen molar-refractivity contribution < 1.29 is 9.90 Å². The number of carbonyl (C=O) groups is 1. The van der Waals surface area contributed by atoms with Gasteiger partial charge >= 0.3 is 5.97 Å². The minimum atomic E-state index is -0.788. The second kappa shape index (κ2) is 6.87. The van der Waals surface area contributed by atoms with Gasteiger partial charge in [0.15, 0.2) is 0 Å². The minimum Gasteiger partial charge on any atom is -0.480 e. The molecule has 0 aromatic carbocycles. The number of hydrogen-bond donors (Lipinski definition) is 2. The van der Waals surface area contributed by atoms with Gasteiger partial charge in [-0.15, -0.1) is 0 Å². The van der Waals surface area contributed by atoms with Gasteiger partial charge in [-0.05, 0) is 25.7 Å². The Labute approximate surface area is 126 Å². The van der Waals surface area contributed by atoms with Gasteiger partial charge in [-0.1, -0.05) is 33.1 Å². The first-order valence-electron chi connectivity index (χ1n) is 7.82. The number of aryl methyl sites for hydroxylation is 1. The summed E-state index contributed by atoms with van der Waals surface area (Å²) in [5.74, 6) is 1.01. The zero-order valence-corrected chi connectivity index (χ0v) is 13.1. The van der Waals surface area contributed by atoms with Crippen molar-refractivity contribution in [2.75, 3.05) is 5.32 Å². The van der Waals surface area contributed by atoms with E-state index in [2.05, 4.69) is 15.3 Å². The van der Waals surface area contributed by atoms with Crippen molar-refractivity contribution in [3.05, 3.63) is 17.6 Å². The first kappa shape index (κ1) is 15.7. The lowest BCUT2D eigenvalue weighted by atomic mass is 9.84. The summed E-state index contributed by atoms with van der Waals surface area (Å²) in [6.07, 6.45) is 5.41. The second-order valence-corrected chi connectivity index (χ2v) is 6.27. The molecule has 2 N–H and O–H groups in total. The number of hydrogen-bond acceptors (Lipinski definition) is 4. The fourth-order valence-electron chi connectivity index (χ4n) is 2.93. The third-order valence-electron chi connectivity index (χ3n) is 4.08. The minimum absolute atomic E-state index is 0.189. The maximum Gasteiger partial charge on any atom is 0.326 e. The van der Waals surface area contributed by atoms with Crippen molar-refractivity contribution in [3.63, 3.8) is 0 Å². The Morgan fingerprint density at radius 3 is 2.52 bits per heavy atom. The number of nitrogens with one attached hydrogen (secondary N) is 1. The van der Waals surface area contributed by atoms with E-state index in [4.69, 9.17) is 0 Å². The average molecular weight is 291 g/mol. The molecule has 1 aliphatic rings. The molecule has 1 unspecified atom stereocenters. The summed E-state index contributed by atoms with van der Waals surface area (Å²) in [5.41, 5.74) is 0.865. The number of aromatic nitrogens is 2.